The summed E-state index contributed by atoms with van der Waals surface area (Å²) in [5.74, 6) is -1.17. The average molecular weight is 829 g/mol. The quantitative estimate of drug-likeness (QED) is 0.0135. The highest BCUT2D eigenvalue weighted by atomic mass is 31.2. The molecule has 0 fully saturated rings. The van der Waals surface area contributed by atoms with Gasteiger partial charge in [0.1, 0.15) is 12.7 Å². The first-order valence-corrected chi connectivity index (χ1v) is 24.5. The van der Waals surface area contributed by atoms with Gasteiger partial charge < -0.3 is 24.6 Å². The number of carbonyl (C=O) groups excluding carboxylic acids is 2. The first kappa shape index (κ1) is 55.2. The monoisotopic (exact) mass is 829 g/mol. The molecule has 11 heteroatoms. The zero-order valence-corrected chi connectivity index (χ0v) is 37.2. The van der Waals surface area contributed by atoms with Crippen LogP contribution in [0, 0.1) is 0 Å². The van der Waals surface area contributed by atoms with Gasteiger partial charge in [0.25, 0.3) is 0 Å². The van der Waals surface area contributed by atoms with E-state index in [-0.39, 0.29) is 13.0 Å². The van der Waals surface area contributed by atoms with E-state index in [1.165, 1.54) is 154 Å². The Morgan fingerprint density at radius 2 is 0.982 bits per heavy atom. The Morgan fingerprint density at radius 3 is 1.46 bits per heavy atom. The lowest BCUT2D eigenvalue weighted by molar-refractivity contribution is -0.157. The molecule has 0 aliphatic heterocycles. The van der Waals surface area contributed by atoms with Crippen LogP contribution in [-0.2, 0) is 32.7 Å². The molecule has 0 aromatic carbocycles. The third-order valence-electron chi connectivity index (χ3n) is 9.87. The van der Waals surface area contributed by atoms with E-state index in [4.69, 9.17) is 19.1 Å². The van der Waals surface area contributed by atoms with Crippen LogP contribution in [0.5, 0.6) is 0 Å². The first-order valence-electron chi connectivity index (χ1n) is 23.0. The standard InChI is InChI=1S/C46H85O10P/c1-3-5-7-9-11-13-15-17-19-20-21-22-24-25-27-29-31-33-35-37-45(49)53-41-44(42-55-57(51,52)54-40-43(48)39-47)56-46(50)38-36-34-32-30-28-26-23-18-16-14-12-10-8-6-4-2/h17,19,32,34,36,38,43-44,47-48H,3-16,18,20-31,33,35,37,39-42H2,1-2H3,(H,51,52)/b19-17+,34-32+,38-36+/t43-,44+/m0/s1. The number of aliphatic hydroxyl groups excluding tert-OH is 2. The maximum Gasteiger partial charge on any atom is 0.472 e. The van der Waals surface area contributed by atoms with Crippen LogP contribution in [0.4, 0.5) is 0 Å². The molecule has 334 valence electrons. The molecule has 0 radical (unpaired) electrons. The number of ether oxygens (including phenoxy) is 2. The second kappa shape index (κ2) is 42.3. The average Bonchev–Trinajstić information content (AvgIpc) is 3.20. The van der Waals surface area contributed by atoms with Gasteiger partial charge in [-0.05, 0) is 44.9 Å². The van der Waals surface area contributed by atoms with Gasteiger partial charge in [0, 0.05) is 12.5 Å². The van der Waals surface area contributed by atoms with Crippen LogP contribution in [-0.4, -0.2) is 65.7 Å². The van der Waals surface area contributed by atoms with Gasteiger partial charge in [-0.15, -0.1) is 0 Å². The van der Waals surface area contributed by atoms with Gasteiger partial charge in [-0.1, -0.05) is 185 Å². The van der Waals surface area contributed by atoms with Crippen LogP contribution in [0.2, 0.25) is 0 Å². The molecule has 0 saturated heterocycles. The zero-order valence-electron chi connectivity index (χ0n) is 36.3. The van der Waals surface area contributed by atoms with Crippen LogP contribution in [0.3, 0.4) is 0 Å². The second-order valence-corrected chi connectivity index (χ2v) is 17.0. The molecular weight excluding hydrogens is 743 g/mol. The van der Waals surface area contributed by atoms with Gasteiger partial charge in [0.05, 0.1) is 19.8 Å². The molecule has 0 aliphatic rings. The van der Waals surface area contributed by atoms with Gasteiger partial charge >= 0.3 is 19.8 Å². The number of unbranched alkanes of at least 4 members (excludes halogenated alkanes) is 26. The molecule has 0 spiro atoms. The summed E-state index contributed by atoms with van der Waals surface area (Å²) in [6.45, 7) is 2.27. The molecule has 57 heavy (non-hydrogen) atoms. The van der Waals surface area contributed by atoms with Crippen molar-refractivity contribution >= 4 is 19.8 Å². The number of aliphatic hydroxyl groups is 2. The van der Waals surface area contributed by atoms with Crippen molar-refractivity contribution in [1.82, 2.24) is 0 Å². The highest BCUT2D eigenvalue weighted by Crippen LogP contribution is 2.43. The van der Waals surface area contributed by atoms with Crippen LogP contribution in [0.25, 0.3) is 0 Å². The summed E-state index contributed by atoms with van der Waals surface area (Å²) in [4.78, 5) is 34.9. The Bertz CT molecular complexity index is 1050. The molecule has 0 aromatic heterocycles. The highest BCUT2D eigenvalue weighted by Gasteiger charge is 2.26. The van der Waals surface area contributed by atoms with Crippen molar-refractivity contribution < 1.29 is 47.8 Å². The zero-order chi connectivity index (χ0) is 41.9. The van der Waals surface area contributed by atoms with Crippen LogP contribution in [0.15, 0.2) is 36.5 Å². The number of esters is 2. The summed E-state index contributed by atoms with van der Waals surface area (Å²) in [5, 5.41) is 18.3. The molecule has 0 bridgehead atoms. The van der Waals surface area contributed by atoms with E-state index in [1.54, 1.807) is 12.2 Å². The number of carbonyl (C=O) groups is 2. The maximum absolute atomic E-state index is 12.5. The van der Waals surface area contributed by atoms with Gasteiger partial charge in [-0.2, -0.15) is 0 Å². The van der Waals surface area contributed by atoms with Crippen molar-refractivity contribution in [3.8, 4) is 0 Å². The minimum absolute atomic E-state index is 0.221. The lowest BCUT2D eigenvalue weighted by Crippen LogP contribution is -2.29. The molecule has 0 amide bonds. The van der Waals surface area contributed by atoms with E-state index < -0.39 is 51.8 Å². The van der Waals surface area contributed by atoms with Crippen LogP contribution < -0.4 is 0 Å². The fraction of sp³-hybridized carbons (Fsp3) is 0.826. The fourth-order valence-electron chi connectivity index (χ4n) is 6.31. The summed E-state index contributed by atoms with van der Waals surface area (Å²) < 4.78 is 32.5. The van der Waals surface area contributed by atoms with Gasteiger partial charge in [0.15, 0.2) is 6.10 Å². The SMILES string of the molecule is CCCCCCCC/C=C/CCCCCCCCCCCC(=O)OC[C@H](COP(=O)(O)OC[C@@H](O)CO)OC(=O)/C=C/C=C/CCCCCCCCCCCCC. The smallest absolute Gasteiger partial charge is 0.462 e. The molecule has 0 aromatic rings. The Hall–Kier alpha value is -1.81. The second-order valence-electron chi connectivity index (χ2n) is 15.5. The van der Waals surface area contributed by atoms with E-state index in [1.807, 2.05) is 6.08 Å². The summed E-state index contributed by atoms with van der Waals surface area (Å²) in [6, 6.07) is 0. The summed E-state index contributed by atoms with van der Waals surface area (Å²) >= 11 is 0. The lowest BCUT2D eigenvalue weighted by Gasteiger charge is -2.19. The van der Waals surface area contributed by atoms with Crippen molar-refractivity contribution in [3.05, 3.63) is 36.5 Å². The van der Waals surface area contributed by atoms with Gasteiger partial charge in [-0.3, -0.25) is 13.8 Å². The predicted octanol–water partition coefficient (Wildman–Crippen LogP) is 12.3. The van der Waals surface area contributed by atoms with Crippen molar-refractivity contribution in [3.63, 3.8) is 0 Å². The molecule has 3 N–H and O–H groups in total. The van der Waals surface area contributed by atoms with Crippen LogP contribution in [0.1, 0.15) is 206 Å². The molecular formula is C46H85O10P. The van der Waals surface area contributed by atoms with Crippen molar-refractivity contribution in [2.45, 2.75) is 219 Å². The van der Waals surface area contributed by atoms with Crippen molar-refractivity contribution in [1.29, 1.82) is 0 Å². The minimum Gasteiger partial charge on any atom is -0.462 e. The third-order valence-corrected chi connectivity index (χ3v) is 10.8. The largest absolute Gasteiger partial charge is 0.472 e. The van der Waals surface area contributed by atoms with Crippen molar-refractivity contribution in [2.24, 2.45) is 0 Å². The van der Waals surface area contributed by atoms with E-state index >= 15 is 0 Å². The molecule has 0 heterocycles. The molecule has 0 saturated carbocycles. The Labute approximate surface area is 348 Å². The number of phosphoric ester groups is 1. The highest BCUT2D eigenvalue weighted by molar-refractivity contribution is 7.47. The molecule has 1 unspecified atom stereocenters. The summed E-state index contributed by atoms with van der Waals surface area (Å²) in [5.41, 5.74) is 0. The predicted molar refractivity (Wildman–Crippen MR) is 233 cm³/mol. The third kappa shape index (κ3) is 42.1. The van der Waals surface area contributed by atoms with Gasteiger partial charge in [-0.25, -0.2) is 9.36 Å². The first-order chi connectivity index (χ1) is 27.7. The van der Waals surface area contributed by atoms with E-state index in [0.717, 1.165) is 32.1 Å². The molecule has 0 aliphatic carbocycles. The van der Waals surface area contributed by atoms with Crippen LogP contribution >= 0.6 is 7.82 Å². The van der Waals surface area contributed by atoms with Gasteiger partial charge in [0.2, 0.25) is 0 Å². The number of hydrogen-bond donors (Lipinski definition) is 3. The number of hydrogen-bond acceptors (Lipinski definition) is 9. The molecule has 0 rings (SSSR count). The Morgan fingerprint density at radius 1 is 0.561 bits per heavy atom. The topological polar surface area (TPSA) is 149 Å². The minimum atomic E-state index is -4.64. The summed E-state index contributed by atoms with van der Waals surface area (Å²) in [6.07, 6.45) is 44.6. The number of allylic oxidation sites excluding steroid dienone is 5. The normalized spacial score (nSPS) is 14.1. The van der Waals surface area contributed by atoms with E-state index in [9.17, 15) is 24.2 Å². The van der Waals surface area contributed by atoms with Crippen molar-refractivity contribution in [2.75, 3.05) is 26.4 Å². The Balaban J connectivity index is 4.32. The van der Waals surface area contributed by atoms with E-state index in [0.29, 0.717) is 6.42 Å². The lowest BCUT2D eigenvalue weighted by atomic mass is 10.1. The Kier molecular flexibility index (Phi) is 41.0. The van der Waals surface area contributed by atoms with E-state index in [2.05, 4.69) is 30.5 Å². The fourth-order valence-corrected chi connectivity index (χ4v) is 7.10. The number of rotatable bonds is 43. The maximum atomic E-state index is 12.5. The number of phosphoric acid groups is 1. The summed E-state index contributed by atoms with van der Waals surface area (Å²) in [7, 11) is -4.64. The molecule has 3 atom stereocenters. The molecule has 10 nitrogen and oxygen atoms in total.